The molecule has 0 amide bonds. The maximum Gasteiger partial charge on any atom is 0.192 e. The van der Waals surface area contributed by atoms with Crippen molar-refractivity contribution < 1.29 is 23.5 Å². The maximum atomic E-state index is 12.5. The van der Waals surface area contributed by atoms with Gasteiger partial charge < -0.3 is 18.7 Å². The summed E-state index contributed by atoms with van der Waals surface area (Å²) in [6.45, 7) is 21.6. The van der Waals surface area contributed by atoms with Gasteiger partial charge in [-0.2, -0.15) is 0 Å². The Hall–Kier alpha value is -0.0562. The summed E-state index contributed by atoms with van der Waals surface area (Å²) in [6.07, 6.45) is -2.63. The van der Waals surface area contributed by atoms with Crippen LogP contribution in [0.15, 0.2) is 0 Å². The van der Waals surface area contributed by atoms with Crippen LogP contribution < -0.4 is 0 Å². The zero-order valence-electron chi connectivity index (χ0n) is 18.6. The highest BCUT2D eigenvalue weighted by Crippen LogP contribution is 2.42. The molecule has 0 heterocycles. The summed E-state index contributed by atoms with van der Waals surface area (Å²) in [5.41, 5.74) is 0. The second-order valence-corrected chi connectivity index (χ2v) is 20.1. The van der Waals surface area contributed by atoms with Crippen molar-refractivity contribution in [1.29, 1.82) is 0 Å². The van der Waals surface area contributed by atoms with Crippen molar-refractivity contribution in [1.82, 2.24) is 0 Å². The Morgan fingerprint density at radius 2 is 1.27 bits per heavy atom. The Labute approximate surface area is 162 Å². The van der Waals surface area contributed by atoms with Crippen LogP contribution in [0.3, 0.4) is 0 Å². The summed E-state index contributed by atoms with van der Waals surface area (Å²) in [4.78, 5) is 12.5. The lowest BCUT2D eigenvalue weighted by molar-refractivity contribution is -0.161. The maximum absolute atomic E-state index is 12.5. The van der Waals surface area contributed by atoms with Gasteiger partial charge in [0.1, 0.15) is 12.2 Å². The number of ketones is 1. The molecule has 0 aromatic heterocycles. The van der Waals surface area contributed by atoms with E-state index in [0.717, 1.165) is 0 Å². The molecule has 4 atom stereocenters. The Bertz CT molecular complexity index is 505. The van der Waals surface area contributed by atoms with Gasteiger partial charge in [-0.15, -0.1) is 0 Å². The van der Waals surface area contributed by atoms with Crippen molar-refractivity contribution in [3.8, 4) is 0 Å². The lowest BCUT2D eigenvalue weighted by atomic mass is 9.88. The molecule has 154 valence electrons. The summed E-state index contributed by atoms with van der Waals surface area (Å²) in [6, 6.07) is 0. The average Bonchev–Trinajstić information content (AvgIpc) is 2.40. The Balaban J connectivity index is 3.27. The Kier molecular flexibility index (Phi) is 7.15. The van der Waals surface area contributed by atoms with Crippen LogP contribution in [0.2, 0.25) is 36.3 Å². The van der Waals surface area contributed by atoms with E-state index >= 15 is 0 Å². The van der Waals surface area contributed by atoms with Crippen LogP contribution in [-0.2, 0) is 18.4 Å². The molecule has 0 aromatic rings. The van der Waals surface area contributed by atoms with Gasteiger partial charge >= 0.3 is 0 Å². The van der Waals surface area contributed by atoms with Crippen LogP contribution in [0.1, 0.15) is 48.0 Å². The van der Waals surface area contributed by atoms with Gasteiger partial charge in [0.2, 0.25) is 0 Å². The molecule has 0 radical (unpaired) electrons. The fraction of sp³-hybridized carbons (Fsp3) is 0.947. The zero-order valence-corrected chi connectivity index (χ0v) is 20.6. The lowest BCUT2D eigenvalue weighted by Gasteiger charge is -2.49. The third kappa shape index (κ3) is 5.05. The van der Waals surface area contributed by atoms with Gasteiger partial charge in [-0.3, -0.25) is 4.79 Å². The summed E-state index contributed by atoms with van der Waals surface area (Å²) >= 11 is 0. The molecule has 0 aliphatic heterocycles. The molecule has 7 heteroatoms. The topological polar surface area (TPSA) is 65.0 Å². The first-order chi connectivity index (χ1) is 11.4. The molecule has 0 aromatic carbocycles. The van der Waals surface area contributed by atoms with Crippen LogP contribution in [0, 0.1) is 0 Å². The van der Waals surface area contributed by atoms with Crippen LogP contribution in [-0.4, -0.2) is 59.1 Å². The van der Waals surface area contributed by atoms with Gasteiger partial charge in [0.15, 0.2) is 22.4 Å². The fourth-order valence-electron chi connectivity index (χ4n) is 2.59. The largest absolute Gasteiger partial charge is 0.409 e. The molecular formula is C19H40O5Si2. The number of rotatable bonds is 5. The van der Waals surface area contributed by atoms with E-state index in [-0.39, 0.29) is 22.3 Å². The zero-order chi connectivity index (χ0) is 20.7. The summed E-state index contributed by atoms with van der Waals surface area (Å²) in [5, 5.41) is 10.7. The first-order valence-corrected chi connectivity index (χ1v) is 15.4. The third-order valence-corrected chi connectivity index (χ3v) is 15.4. The van der Waals surface area contributed by atoms with Gasteiger partial charge in [0, 0.05) is 13.5 Å². The summed E-state index contributed by atoms with van der Waals surface area (Å²) < 4.78 is 18.7. The molecule has 1 rings (SSSR count). The number of hydrogen-bond acceptors (Lipinski definition) is 5. The quantitative estimate of drug-likeness (QED) is 0.698. The van der Waals surface area contributed by atoms with Crippen molar-refractivity contribution in [3.05, 3.63) is 0 Å². The molecule has 1 aliphatic carbocycles. The smallest absolute Gasteiger partial charge is 0.192 e. The molecule has 26 heavy (non-hydrogen) atoms. The molecule has 0 spiro atoms. The van der Waals surface area contributed by atoms with Gasteiger partial charge in [0.05, 0.1) is 12.2 Å². The fourth-order valence-corrected chi connectivity index (χ4v) is 5.20. The van der Waals surface area contributed by atoms with E-state index in [1.807, 2.05) is 0 Å². The van der Waals surface area contributed by atoms with Crippen molar-refractivity contribution >= 4 is 22.4 Å². The van der Waals surface area contributed by atoms with Gasteiger partial charge in [0.25, 0.3) is 0 Å². The minimum atomic E-state index is -2.18. The molecule has 5 nitrogen and oxygen atoms in total. The molecule has 0 saturated heterocycles. The molecule has 1 saturated carbocycles. The SMILES string of the molecule is CO[C@@H]1C(=O)CC(O)[C@H](O[Si](C)(C)C(C)(C)C)[C@H]1O[Si](C)(C)C(C)(C)C. The van der Waals surface area contributed by atoms with Crippen LogP contribution >= 0.6 is 0 Å². The first kappa shape index (κ1) is 24.0. The number of Topliss-reactive ketones (excluding diaryl/α,β-unsaturated/α-hetero) is 1. The van der Waals surface area contributed by atoms with E-state index in [2.05, 4.69) is 67.7 Å². The van der Waals surface area contributed by atoms with Crippen molar-refractivity contribution in [2.24, 2.45) is 0 Å². The van der Waals surface area contributed by atoms with E-state index < -0.39 is 41.1 Å². The van der Waals surface area contributed by atoms with Crippen LogP contribution in [0.4, 0.5) is 0 Å². The van der Waals surface area contributed by atoms with Crippen molar-refractivity contribution in [2.75, 3.05) is 7.11 Å². The van der Waals surface area contributed by atoms with Gasteiger partial charge in [-0.05, 0) is 36.3 Å². The number of ether oxygens (including phenoxy) is 1. The number of methoxy groups -OCH3 is 1. The lowest BCUT2D eigenvalue weighted by Crippen LogP contribution is -2.63. The predicted octanol–water partition coefficient (Wildman–Crippen LogP) is 4.12. The molecule has 1 N–H and O–H groups in total. The van der Waals surface area contributed by atoms with E-state index in [9.17, 15) is 9.90 Å². The minimum Gasteiger partial charge on any atom is -0.409 e. The van der Waals surface area contributed by atoms with Gasteiger partial charge in [-0.1, -0.05) is 41.5 Å². The minimum absolute atomic E-state index is 0.00172. The molecular weight excluding hydrogens is 364 g/mol. The second kappa shape index (κ2) is 7.75. The normalized spacial score (nSPS) is 29.2. The van der Waals surface area contributed by atoms with Crippen molar-refractivity contribution in [2.45, 2.75) is 109 Å². The molecule has 0 bridgehead atoms. The van der Waals surface area contributed by atoms with Crippen LogP contribution in [0.25, 0.3) is 0 Å². The van der Waals surface area contributed by atoms with E-state index in [1.54, 1.807) is 0 Å². The predicted molar refractivity (Wildman–Crippen MR) is 111 cm³/mol. The summed E-state index contributed by atoms with van der Waals surface area (Å²) in [5.74, 6) is -0.112. The standard InChI is InChI=1S/C19H40O5Si2/c1-18(2,3)25(8,9)23-16-14(21)12-13(20)15(22-7)17(16)24-26(10,11)19(4,5)6/h14-17,21H,12H2,1-11H3/t14?,15-,16+,17+/m1/s1. The third-order valence-electron chi connectivity index (χ3n) is 6.46. The summed E-state index contributed by atoms with van der Waals surface area (Å²) in [7, 11) is -2.80. The highest BCUT2D eigenvalue weighted by Gasteiger charge is 2.52. The Morgan fingerprint density at radius 3 is 1.62 bits per heavy atom. The first-order valence-electron chi connectivity index (χ1n) is 9.54. The molecule has 1 unspecified atom stereocenters. The monoisotopic (exact) mass is 404 g/mol. The van der Waals surface area contributed by atoms with E-state index in [4.69, 9.17) is 13.6 Å². The Morgan fingerprint density at radius 1 is 0.885 bits per heavy atom. The number of carbonyl (C=O) groups is 1. The van der Waals surface area contributed by atoms with Crippen molar-refractivity contribution in [3.63, 3.8) is 0 Å². The average molecular weight is 405 g/mol. The number of aliphatic hydroxyl groups excluding tert-OH is 1. The highest BCUT2D eigenvalue weighted by molar-refractivity contribution is 6.74. The molecule has 1 fully saturated rings. The number of carbonyl (C=O) groups excluding carboxylic acids is 1. The highest BCUT2D eigenvalue weighted by atomic mass is 28.4. The number of aliphatic hydroxyl groups is 1. The van der Waals surface area contributed by atoms with E-state index in [1.165, 1.54) is 7.11 Å². The number of hydrogen-bond donors (Lipinski definition) is 1. The second-order valence-electron chi connectivity index (χ2n) is 10.6. The van der Waals surface area contributed by atoms with Gasteiger partial charge in [-0.25, -0.2) is 0 Å². The van der Waals surface area contributed by atoms with E-state index in [0.29, 0.717) is 0 Å². The van der Waals surface area contributed by atoms with Crippen LogP contribution in [0.5, 0.6) is 0 Å². The molecule has 1 aliphatic rings.